The highest BCUT2D eigenvalue weighted by molar-refractivity contribution is 5.79. The first-order valence-electron chi connectivity index (χ1n) is 4.14. The standard InChI is InChI=1S/C9H10FN3/c1-2-8-12-7-4-5(11)3-6(10)9(7)13-8/h3-4H,2,11H2,1H3,(H,12,13). The molecule has 3 N–H and O–H groups in total. The van der Waals surface area contributed by atoms with E-state index in [0.29, 0.717) is 16.7 Å². The molecule has 2 aromatic rings. The van der Waals surface area contributed by atoms with Gasteiger partial charge in [-0.1, -0.05) is 6.92 Å². The molecule has 2 rings (SSSR count). The molecule has 0 amide bonds. The van der Waals surface area contributed by atoms with E-state index in [2.05, 4.69) is 9.97 Å². The Labute approximate surface area is 74.8 Å². The Morgan fingerprint density at radius 2 is 2.31 bits per heavy atom. The zero-order valence-corrected chi connectivity index (χ0v) is 7.26. The zero-order chi connectivity index (χ0) is 9.42. The highest BCUT2D eigenvalue weighted by Gasteiger charge is 2.06. The van der Waals surface area contributed by atoms with Crippen LogP contribution in [0.4, 0.5) is 10.1 Å². The van der Waals surface area contributed by atoms with Crippen LogP contribution in [0.2, 0.25) is 0 Å². The molecule has 0 aliphatic heterocycles. The van der Waals surface area contributed by atoms with E-state index in [-0.39, 0.29) is 5.82 Å². The number of nitrogens with zero attached hydrogens (tertiary/aromatic N) is 1. The lowest BCUT2D eigenvalue weighted by Gasteiger charge is -1.93. The topological polar surface area (TPSA) is 54.7 Å². The van der Waals surface area contributed by atoms with Crippen molar-refractivity contribution in [1.82, 2.24) is 9.97 Å². The summed E-state index contributed by atoms with van der Waals surface area (Å²) in [6, 6.07) is 2.97. The van der Waals surface area contributed by atoms with Gasteiger partial charge in [0, 0.05) is 12.1 Å². The van der Waals surface area contributed by atoms with Gasteiger partial charge in [0.1, 0.15) is 11.3 Å². The van der Waals surface area contributed by atoms with Crippen molar-refractivity contribution in [2.45, 2.75) is 13.3 Å². The fourth-order valence-electron chi connectivity index (χ4n) is 1.31. The third-order valence-electron chi connectivity index (χ3n) is 1.95. The predicted molar refractivity (Wildman–Crippen MR) is 49.8 cm³/mol. The van der Waals surface area contributed by atoms with Crippen molar-refractivity contribution >= 4 is 16.7 Å². The SMILES string of the molecule is CCc1nc2c(F)cc(N)cc2[nH]1. The van der Waals surface area contributed by atoms with Gasteiger partial charge in [-0.3, -0.25) is 0 Å². The van der Waals surface area contributed by atoms with Gasteiger partial charge in [0.15, 0.2) is 5.82 Å². The number of benzene rings is 1. The maximum Gasteiger partial charge on any atom is 0.153 e. The Hall–Kier alpha value is -1.58. The minimum absolute atomic E-state index is 0.367. The molecule has 1 heterocycles. The second-order valence-electron chi connectivity index (χ2n) is 2.94. The lowest BCUT2D eigenvalue weighted by molar-refractivity contribution is 0.637. The molecule has 1 aromatic carbocycles. The first-order valence-corrected chi connectivity index (χ1v) is 4.14. The van der Waals surface area contributed by atoms with Crippen LogP contribution in [0.25, 0.3) is 11.0 Å². The molecule has 1 aromatic heterocycles. The number of nitrogen functional groups attached to an aromatic ring is 1. The Morgan fingerprint density at radius 3 is 3.00 bits per heavy atom. The lowest BCUT2D eigenvalue weighted by Crippen LogP contribution is -1.86. The van der Waals surface area contributed by atoms with Crippen molar-refractivity contribution in [2.24, 2.45) is 0 Å². The number of rotatable bonds is 1. The first-order chi connectivity index (χ1) is 6.20. The predicted octanol–water partition coefficient (Wildman–Crippen LogP) is 1.85. The molecular weight excluding hydrogens is 169 g/mol. The van der Waals surface area contributed by atoms with Crippen LogP contribution in [-0.4, -0.2) is 9.97 Å². The summed E-state index contributed by atoms with van der Waals surface area (Å²) >= 11 is 0. The van der Waals surface area contributed by atoms with Gasteiger partial charge in [0.05, 0.1) is 5.52 Å². The van der Waals surface area contributed by atoms with Crippen LogP contribution in [0, 0.1) is 5.82 Å². The maximum atomic E-state index is 13.2. The van der Waals surface area contributed by atoms with Gasteiger partial charge in [-0.15, -0.1) is 0 Å². The van der Waals surface area contributed by atoms with Crippen LogP contribution in [0.1, 0.15) is 12.7 Å². The molecule has 0 aliphatic rings. The molecule has 0 unspecified atom stereocenters. The van der Waals surface area contributed by atoms with E-state index in [1.807, 2.05) is 6.92 Å². The molecule has 68 valence electrons. The van der Waals surface area contributed by atoms with Crippen molar-refractivity contribution in [3.63, 3.8) is 0 Å². The Kier molecular flexibility index (Phi) is 1.69. The van der Waals surface area contributed by atoms with E-state index in [4.69, 9.17) is 5.73 Å². The Morgan fingerprint density at radius 1 is 1.54 bits per heavy atom. The summed E-state index contributed by atoms with van der Waals surface area (Å²) in [5, 5.41) is 0. The number of nitrogens with two attached hydrogens (primary N) is 1. The molecule has 0 bridgehead atoms. The van der Waals surface area contributed by atoms with Crippen LogP contribution in [0.15, 0.2) is 12.1 Å². The number of aryl methyl sites for hydroxylation is 1. The number of hydrogen-bond acceptors (Lipinski definition) is 2. The molecule has 0 atom stereocenters. The van der Waals surface area contributed by atoms with E-state index >= 15 is 0 Å². The number of fused-ring (bicyclic) bond motifs is 1. The van der Waals surface area contributed by atoms with E-state index in [1.54, 1.807) is 6.07 Å². The van der Waals surface area contributed by atoms with Crippen LogP contribution >= 0.6 is 0 Å². The number of imidazole rings is 1. The van der Waals surface area contributed by atoms with Crippen molar-refractivity contribution in [1.29, 1.82) is 0 Å². The maximum absolute atomic E-state index is 13.2. The number of halogens is 1. The monoisotopic (exact) mass is 179 g/mol. The number of H-pyrrole nitrogens is 1. The molecule has 0 spiro atoms. The van der Waals surface area contributed by atoms with Crippen LogP contribution in [0.5, 0.6) is 0 Å². The highest BCUT2D eigenvalue weighted by Crippen LogP contribution is 2.19. The van der Waals surface area contributed by atoms with E-state index in [1.165, 1.54) is 6.07 Å². The molecule has 0 radical (unpaired) electrons. The number of nitrogens with one attached hydrogen (secondary N) is 1. The quantitative estimate of drug-likeness (QED) is 0.656. The van der Waals surface area contributed by atoms with Gasteiger partial charge in [-0.05, 0) is 12.1 Å². The zero-order valence-electron chi connectivity index (χ0n) is 7.26. The average Bonchev–Trinajstić information content (AvgIpc) is 2.47. The first kappa shape index (κ1) is 8.04. The van der Waals surface area contributed by atoms with E-state index in [0.717, 1.165) is 12.2 Å². The van der Waals surface area contributed by atoms with Crippen molar-refractivity contribution < 1.29 is 4.39 Å². The summed E-state index contributed by atoms with van der Waals surface area (Å²) in [4.78, 5) is 7.08. The van der Waals surface area contributed by atoms with Crippen LogP contribution < -0.4 is 5.73 Å². The molecule has 3 nitrogen and oxygen atoms in total. The summed E-state index contributed by atoms with van der Waals surface area (Å²) in [5.74, 6) is 0.408. The Bertz CT molecular complexity index is 447. The largest absolute Gasteiger partial charge is 0.399 e. The second-order valence-corrected chi connectivity index (χ2v) is 2.94. The van der Waals surface area contributed by atoms with Gasteiger partial charge in [-0.25, -0.2) is 9.37 Å². The minimum Gasteiger partial charge on any atom is -0.399 e. The summed E-state index contributed by atoms with van der Waals surface area (Å²) in [6.07, 6.45) is 0.758. The second kappa shape index (κ2) is 2.73. The molecule has 0 aliphatic carbocycles. The van der Waals surface area contributed by atoms with E-state index < -0.39 is 0 Å². The summed E-state index contributed by atoms with van der Waals surface area (Å²) in [5.41, 5.74) is 6.93. The van der Waals surface area contributed by atoms with Crippen LogP contribution in [0.3, 0.4) is 0 Å². The highest BCUT2D eigenvalue weighted by atomic mass is 19.1. The van der Waals surface area contributed by atoms with Gasteiger partial charge < -0.3 is 10.7 Å². The molecule has 13 heavy (non-hydrogen) atoms. The number of aromatic amines is 1. The molecule has 0 saturated heterocycles. The molecular formula is C9H10FN3. The van der Waals surface area contributed by atoms with Crippen molar-refractivity contribution in [3.8, 4) is 0 Å². The van der Waals surface area contributed by atoms with Gasteiger partial charge >= 0.3 is 0 Å². The molecule has 0 saturated carbocycles. The van der Waals surface area contributed by atoms with Gasteiger partial charge in [-0.2, -0.15) is 0 Å². The lowest BCUT2D eigenvalue weighted by atomic mass is 10.3. The summed E-state index contributed by atoms with van der Waals surface area (Å²) < 4.78 is 13.2. The van der Waals surface area contributed by atoms with E-state index in [9.17, 15) is 4.39 Å². The fourth-order valence-corrected chi connectivity index (χ4v) is 1.31. The third-order valence-corrected chi connectivity index (χ3v) is 1.95. The average molecular weight is 179 g/mol. The van der Waals surface area contributed by atoms with Crippen molar-refractivity contribution in [2.75, 3.05) is 5.73 Å². The Balaban J connectivity index is 2.75. The summed E-state index contributed by atoms with van der Waals surface area (Å²) in [6.45, 7) is 1.96. The van der Waals surface area contributed by atoms with Gasteiger partial charge in [0.25, 0.3) is 0 Å². The third kappa shape index (κ3) is 1.24. The normalized spacial score (nSPS) is 10.9. The summed E-state index contributed by atoms with van der Waals surface area (Å²) in [7, 11) is 0. The molecule has 0 fully saturated rings. The minimum atomic E-state index is -0.369. The fraction of sp³-hybridized carbons (Fsp3) is 0.222. The smallest absolute Gasteiger partial charge is 0.153 e. The number of hydrogen-bond donors (Lipinski definition) is 2. The number of aromatic nitrogens is 2. The van der Waals surface area contributed by atoms with Crippen molar-refractivity contribution in [3.05, 3.63) is 23.8 Å². The van der Waals surface area contributed by atoms with Gasteiger partial charge in [0.2, 0.25) is 0 Å². The van der Waals surface area contributed by atoms with Crippen LogP contribution in [-0.2, 0) is 6.42 Å². The number of anilines is 1. The molecule has 4 heteroatoms.